The van der Waals surface area contributed by atoms with Crippen molar-refractivity contribution in [3.05, 3.63) is 76.5 Å². The molecule has 1 fully saturated rings. The van der Waals surface area contributed by atoms with Crippen molar-refractivity contribution in [2.75, 3.05) is 31.1 Å². The second-order valence-corrected chi connectivity index (χ2v) is 8.46. The maximum Gasteiger partial charge on any atom is 0.264 e. The molecule has 0 unspecified atom stereocenters. The van der Waals surface area contributed by atoms with Crippen LogP contribution in [0.2, 0.25) is 0 Å². The molecule has 30 heavy (non-hydrogen) atoms. The Hall–Kier alpha value is -3.25. The Kier molecular flexibility index (Phi) is 4.93. The second kappa shape index (κ2) is 7.88. The number of carbonyl (C=O) groups is 1. The van der Waals surface area contributed by atoms with Gasteiger partial charge >= 0.3 is 0 Å². The summed E-state index contributed by atoms with van der Waals surface area (Å²) in [5, 5.41) is 3.00. The van der Waals surface area contributed by atoms with Crippen LogP contribution in [0.25, 0.3) is 22.3 Å². The van der Waals surface area contributed by atoms with Crippen molar-refractivity contribution in [3.8, 4) is 11.4 Å². The summed E-state index contributed by atoms with van der Waals surface area (Å²) in [4.78, 5) is 27.5. The molecule has 5 rings (SSSR count). The third kappa shape index (κ3) is 3.55. The minimum Gasteiger partial charge on any atom is -0.352 e. The van der Waals surface area contributed by atoms with Crippen LogP contribution < -0.4 is 4.90 Å². The molecule has 1 amide bonds. The van der Waals surface area contributed by atoms with Gasteiger partial charge in [0.15, 0.2) is 5.82 Å². The molecule has 2 aromatic carbocycles. The van der Waals surface area contributed by atoms with Gasteiger partial charge in [-0.05, 0) is 30.5 Å². The van der Waals surface area contributed by atoms with Crippen LogP contribution in [0, 0.1) is 6.92 Å². The standard InChI is InChI=1S/C24H22N4OS/c1-17-8-10-18(11-9-17)22-25-20-6-3-2-5-19(20)23(26-22)27-12-14-28(15-13-27)24(29)21-7-4-16-30-21/h2-11,16H,12-15H2,1H3. The van der Waals surface area contributed by atoms with Gasteiger partial charge in [-0.15, -0.1) is 11.3 Å². The first-order chi connectivity index (χ1) is 14.7. The first-order valence-electron chi connectivity index (χ1n) is 10.1. The zero-order valence-corrected chi connectivity index (χ0v) is 17.6. The lowest BCUT2D eigenvalue weighted by Crippen LogP contribution is -2.49. The van der Waals surface area contributed by atoms with Crippen molar-refractivity contribution in [2.45, 2.75) is 6.92 Å². The van der Waals surface area contributed by atoms with Gasteiger partial charge in [-0.2, -0.15) is 0 Å². The predicted molar refractivity (Wildman–Crippen MR) is 122 cm³/mol. The average molecular weight is 415 g/mol. The van der Waals surface area contributed by atoms with Crippen molar-refractivity contribution >= 4 is 34.0 Å². The van der Waals surface area contributed by atoms with E-state index < -0.39 is 0 Å². The van der Waals surface area contributed by atoms with Crippen LogP contribution in [-0.4, -0.2) is 47.0 Å². The largest absolute Gasteiger partial charge is 0.352 e. The highest BCUT2D eigenvalue weighted by atomic mass is 32.1. The molecule has 150 valence electrons. The zero-order chi connectivity index (χ0) is 20.5. The Morgan fingerprint density at radius 3 is 2.40 bits per heavy atom. The molecule has 1 aliphatic heterocycles. The number of nitrogens with zero attached hydrogens (tertiary/aromatic N) is 4. The summed E-state index contributed by atoms with van der Waals surface area (Å²) >= 11 is 1.50. The molecule has 0 saturated carbocycles. The molecule has 3 heterocycles. The van der Waals surface area contributed by atoms with Gasteiger partial charge in [0.2, 0.25) is 0 Å². The quantitative estimate of drug-likeness (QED) is 0.490. The molecule has 1 saturated heterocycles. The van der Waals surface area contributed by atoms with E-state index in [0.29, 0.717) is 13.1 Å². The monoisotopic (exact) mass is 414 g/mol. The number of hydrogen-bond acceptors (Lipinski definition) is 5. The number of rotatable bonds is 3. The second-order valence-electron chi connectivity index (χ2n) is 7.51. The fraction of sp³-hybridized carbons (Fsp3) is 0.208. The smallest absolute Gasteiger partial charge is 0.264 e. The lowest BCUT2D eigenvalue weighted by molar-refractivity contribution is 0.0751. The van der Waals surface area contributed by atoms with E-state index in [2.05, 4.69) is 42.2 Å². The number of para-hydroxylation sites is 1. The number of thiophene rings is 1. The van der Waals surface area contributed by atoms with Crippen molar-refractivity contribution in [1.29, 1.82) is 0 Å². The van der Waals surface area contributed by atoms with E-state index in [0.717, 1.165) is 46.1 Å². The molecule has 0 spiro atoms. The molecule has 5 nitrogen and oxygen atoms in total. The molecular weight excluding hydrogens is 392 g/mol. The topological polar surface area (TPSA) is 49.3 Å². The SMILES string of the molecule is Cc1ccc(-c2nc(N3CCN(C(=O)c4cccs4)CC3)c3ccccc3n2)cc1. The zero-order valence-electron chi connectivity index (χ0n) is 16.8. The van der Waals surface area contributed by atoms with Crippen LogP contribution >= 0.6 is 11.3 Å². The number of piperazine rings is 1. The fourth-order valence-electron chi connectivity index (χ4n) is 3.81. The Balaban J connectivity index is 1.45. The first kappa shape index (κ1) is 18.8. The van der Waals surface area contributed by atoms with Crippen LogP contribution in [0.1, 0.15) is 15.2 Å². The maximum atomic E-state index is 12.7. The highest BCUT2D eigenvalue weighted by molar-refractivity contribution is 7.12. The summed E-state index contributed by atoms with van der Waals surface area (Å²) in [6, 6.07) is 20.3. The molecule has 6 heteroatoms. The lowest BCUT2D eigenvalue weighted by Gasteiger charge is -2.35. The average Bonchev–Trinajstić information content (AvgIpc) is 3.33. The highest BCUT2D eigenvalue weighted by Gasteiger charge is 2.25. The van der Waals surface area contributed by atoms with Gasteiger partial charge in [0.25, 0.3) is 5.91 Å². The number of anilines is 1. The van der Waals surface area contributed by atoms with Crippen LogP contribution in [-0.2, 0) is 0 Å². The first-order valence-corrected chi connectivity index (χ1v) is 11.0. The molecule has 2 aromatic heterocycles. The molecule has 1 aliphatic rings. The minimum atomic E-state index is 0.123. The van der Waals surface area contributed by atoms with Crippen molar-refractivity contribution in [2.24, 2.45) is 0 Å². The van der Waals surface area contributed by atoms with Crippen LogP contribution in [0.4, 0.5) is 5.82 Å². The number of aromatic nitrogens is 2. The summed E-state index contributed by atoms with van der Waals surface area (Å²) in [5.41, 5.74) is 3.17. The number of carbonyl (C=O) groups excluding carboxylic acids is 1. The van der Waals surface area contributed by atoms with E-state index in [1.54, 1.807) is 0 Å². The van der Waals surface area contributed by atoms with Crippen LogP contribution in [0.5, 0.6) is 0 Å². The summed E-state index contributed by atoms with van der Waals surface area (Å²) in [5.74, 6) is 1.80. The summed E-state index contributed by atoms with van der Waals surface area (Å²) in [7, 11) is 0. The number of benzene rings is 2. The van der Waals surface area contributed by atoms with Crippen LogP contribution in [0.15, 0.2) is 66.0 Å². The Morgan fingerprint density at radius 2 is 1.67 bits per heavy atom. The maximum absolute atomic E-state index is 12.7. The predicted octanol–water partition coefficient (Wildman–Crippen LogP) is 4.63. The number of hydrogen-bond donors (Lipinski definition) is 0. The normalized spacial score (nSPS) is 14.3. The van der Waals surface area contributed by atoms with Crippen molar-refractivity contribution in [3.63, 3.8) is 0 Å². The Morgan fingerprint density at radius 1 is 0.900 bits per heavy atom. The van der Waals surface area contributed by atoms with E-state index in [4.69, 9.17) is 9.97 Å². The molecule has 0 bridgehead atoms. The Labute approximate surface area is 179 Å². The molecular formula is C24H22N4OS. The summed E-state index contributed by atoms with van der Waals surface area (Å²) < 4.78 is 0. The van der Waals surface area contributed by atoms with E-state index in [9.17, 15) is 4.79 Å². The fourth-order valence-corrected chi connectivity index (χ4v) is 4.50. The van der Waals surface area contributed by atoms with Crippen molar-refractivity contribution in [1.82, 2.24) is 14.9 Å². The number of aryl methyl sites for hydroxylation is 1. The highest BCUT2D eigenvalue weighted by Crippen LogP contribution is 2.28. The summed E-state index contributed by atoms with van der Waals surface area (Å²) in [6.07, 6.45) is 0. The van der Waals surface area contributed by atoms with E-state index in [-0.39, 0.29) is 5.91 Å². The lowest BCUT2D eigenvalue weighted by atomic mass is 10.1. The van der Waals surface area contributed by atoms with Gasteiger partial charge in [-0.3, -0.25) is 4.79 Å². The van der Waals surface area contributed by atoms with Gasteiger partial charge in [0.05, 0.1) is 10.4 Å². The molecule has 4 aromatic rings. The van der Waals surface area contributed by atoms with Gasteiger partial charge in [0, 0.05) is 37.1 Å². The molecule has 0 atom stereocenters. The number of amides is 1. The summed E-state index contributed by atoms with van der Waals surface area (Å²) in [6.45, 7) is 4.97. The Bertz CT molecular complexity index is 1180. The van der Waals surface area contributed by atoms with E-state index >= 15 is 0 Å². The van der Waals surface area contributed by atoms with Gasteiger partial charge in [-0.1, -0.05) is 48.0 Å². The minimum absolute atomic E-state index is 0.123. The third-order valence-electron chi connectivity index (χ3n) is 5.49. The van der Waals surface area contributed by atoms with Crippen molar-refractivity contribution < 1.29 is 4.79 Å². The van der Waals surface area contributed by atoms with E-state index in [1.807, 2.05) is 40.6 Å². The molecule has 0 radical (unpaired) electrons. The molecule has 0 aliphatic carbocycles. The van der Waals surface area contributed by atoms with Gasteiger partial charge in [-0.25, -0.2) is 9.97 Å². The van der Waals surface area contributed by atoms with Gasteiger partial charge < -0.3 is 9.80 Å². The molecule has 0 N–H and O–H groups in total. The third-order valence-corrected chi connectivity index (χ3v) is 6.35. The van der Waals surface area contributed by atoms with Gasteiger partial charge in [0.1, 0.15) is 5.82 Å². The van der Waals surface area contributed by atoms with E-state index in [1.165, 1.54) is 16.9 Å². The number of fused-ring (bicyclic) bond motifs is 1. The van der Waals surface area contributed by atoms with Crippen LogP contribution in [0.3, 0.4) is 0 Å².